The molecule has 5 nitrogen and oxygen atoms in total. The summed E-state index contributed by atoms with van der Waals surface area (Å²) in [5, 5.41) is -0.0970. The van der Waals surface area contributed by atoms with Gasteiger partial charge in [0, 0.05) is 16.7 Å². The van der Waals surface area contributed by atoms with Crippen molar-refractivity contribution in [2.75, 3.05) is 0 Å². The molecule has 0 spiro atoms. The topological polar surface area (TPSA) is 80.1 Å². The van der Waals surface area contributed by atoms with E-state index in [-0.39, 0.29) is 21.0 Å². The molecular formula is C7H3Cl2NO4S. The van der Waals surface area contributed by atoms with E-state index in [0.29, 0.717) is 0 Å². The lowest BCUT2D eigenvalue weighted by molar-refractivity contribution is 0.555. The van der Waals surface area contributed by atoms with Crippen LogP contribution in [0.15, 0.2) is 26.2 Å². The Morgan fingerprint density at radius 3 is 2.60 bits per heavy atom. The highest BCUT2D eigenvalue weighted by molar-refractivity contribution is 8.13. The highest BCUT2D eigenvalue weighted by atomic mass is 35.7. The molecule has 0 aliphatic carbocycles. The van der Waals surface area contributed by atoms with E-state index in [2.05, 4.69) is 9.40 Å². The number of nitrogens with one attached hydrogen (secondary N) is 1. The molecule has 0 unspecified atom stereocenters. The molecular weight excluding hydrogens is 265 g/mol. The number of hydrogen-bond acceptors (Lipinski definition) is 4. The van der Waals surface area contributed by atoms with Gasteiger partial charge in [-0.05, 0) is 6.07 Å². The molecule has 15 heavy (non-hydrogen) atoms. The van der Waals surface area contributed by atoms with Gasteiger partial charge in [-0.2, -0.15) is 0 Å². The van der Waals surface area contributed by atoms with Gasteiger partial charge >= 0.3 is 5.76 Å². The molecule has 2 aromatic rings. The Hall–Kier alpha value is -0.980. The van der Waals surface area contributed by atoms with Crippen LogP contribution in [0.2, 0.25) is 5.02 Å². The lowest BCUT2D eigenvalue weighted by Crippen LogP contribution is -1.94. The van der Waals surface area contributed by atoms with Crippen LogP contribution < -0.4 is 5.76 Å². The molecule has 0 amide bonds. The number of halogens is 2. The van der Waals surface area contributed by atoms with Crippen molar-refractivity contribution in [3.63, 3.8) is 0 Å². The monoisotopic (exact) mass is 267 g/mol. The maximum atomic E-state index is 11.1. The van der Waals surface area contributed by atoms with E-state index in [9.17, 15) is 13.2 Å². The summed E-state index contributed by atoms with van der Waals surface area (Å²) >= 11 is 5.66. The summed E-state index contributed by atoms with van der Waals surface area (Å²) in [4.78, 5) is 12.8. The maximum absolute atomic E-state index is 11.1. The number of oxazole rings is 1. The second kappa shape index (κ2) is 3.26. The van der Waals surface area contributed by atoms with E-state index in [1.54, 1.807) is 0 Å². The standard InChI is InChI=1S/C7H3Cl2NO4S/c8-3-1-5-4(10-7(11)14-5)2-6(3)15(9,12)13/h1-2H,(H,10,11). The normalized spacial score (nSPS) is 12.1. The average molecular weight is 268 g/mol. The van der Waals surface area contributed by atoms with Gasteiger partial charge in [-0.1, -0.05) is 11.6 Å². The summed E-state index contributed by atoms with van der Waals surface area (Å²) < 4.78 is 26.8. The van der Waals surface area contributed by atoms with Gasteiger partial charge in [-0.25, -0.2) is 13.2 Å². The van der Waals surface area contributed by atoms with Crippen LogP contribution in [0.3, 0.4) is 0 Å². The second-order valence-corrected chi connectivity index (χ2v) is 5.67. The number of hydrogen-bond donors (Lipinski definition) is 1. The van der Waals surface area contributed by atoms with Crippen molar-refractivity contribution < 1.29 is 12.8 Å². The van der Waals surface area contributed by atoms with Gasteiger partial charge in [0.05, 0.1) is 10.5 Å². The van der Waals surface area contributed by atoms with Gasteiger partial charge in [0.1, 0.15) is 4.90 Å². The Bertz CT molecular complexity index is 685. The third kappa shape index (κ3) is 1.88. The fourth-order valence-corrected chi connectivity index (χ4v) is 2.65. The predicted molar refractivity (Wildman–Crippen MR) is 54.9 cm³/mol. The number of rotatable bonds is 1. The number of aromatic nitrogens is 1. The SMILES string of the molecule is O=c1[nH]c2cc(S(=O)(=O)Cl)c(Cl)cc2o1. The lowest BCUT2D eigenvalue weighted by atomic mass is 10.3. The number of H-pyrrole nitrogens is 1. The summed E-state index contributed by atoms with van der Waals surface area (Å²) in [6, 6.07) is 2.36. The molecule has 1 aromatic heterocycles. The average Bonchev–Trinajstić information content (AvgIpc) is 2.40. The molecule has 0 aliphatic heterocycles. The molecule has 0 fully saturated rings. The fraction of sp³-hybridized carbons (Fsp3) is 0. The largest absolute Gasteiger partial charge is 0.417 e. The van der Waals surface area contributed by atoms with Crippen LogP contribution in [0, 0.1) is 0 Å². The first kappa shape index (κ1) is 10.5. The van der Waals surface area contributed by atoms with Crippen LogP contribution in [0.25, 0.3) is 11.1 Å². The van der Waals surface area contributed by atoms with Crippen molar-refractivity contribution in [2.24, 2.45) is 0 Å². The summed E-state index contributed by atoms with van der Waals surface area (Å²) in [7, 11) is 1.20. The summed E-state index contributed by atoms with van der Waals surface area (Å²) in [5.74, 6) is -0.690. The number of benzene rings is 1. The molecule has 0 bridgehead atoms. The van der Waals surface area contributed by atoms with Gasteiger partial charge in [0.15, 0.2) is 5.58 Å². The van der Waals surface area contributed by atoms with Crippen molar-refractivity contribution in [1.82, 2.24) is 4.98 Å². The molecule has 2 rings (SSSR count). The molecule has 1 aromatic carbocycles. The lowest BCUT2D eigenvalue weighted by Gasteiger charge is -1.98. The van der Waals surface area contributed by atoms with Crippen LogP contribution in [0.1, 0.15) is 0 Å². The molecule has 1 heterocycles. The van der Waals surface area contributed by atoms with Crippen molar-refractivity contribution >= 4 is 42.4 Å². The molecule has 0 aliphatic rings. The van der Waals surface area contributed by atoms with Crippen LogP contribution >= 0.6 is 22.3 Å². The van der Waals surface area contributed by atoms with E-state index in [1.165, 1.54) is 6.07 Å². The first-order valence-corrected chi connectivity index (χ1v) is 6.34. The van der Waals surface area contributed by atoms with Gasteiger partial charge in [0.2, 0.25) is 0 Å². The molecule has 0 radical (unpaired) electrons. The molecule has 0 saturated carbocycles. The molecule has 1 N–H and O–H groups in total. The Labute approximate surface area is 93.0 Å². The van der Waals surface area contributed by atoms with Crippen molar-refractivity contribution in [2.45, 2.75) is 4.90 Å². The predicted octanol–water partition coefficient (Wildman–Crippen LogP) is 1.70. The van der Waals surface area contributed by atoms with E-state index >= 15 is 0 Å². The summed E-state index contributed by atoms with van der Waals surface area (Å²) in [6.07, 6.45) is 0. The van der Waals surface area contributed by atoms with Gasteiger partial charge in [-0.3, -0.25) is 4.98 Å². The Morgan fingerprint density at radius 1 is 1.33 bits per heavy atom. The van der Waals surface area contributed by atoms with Gasteiger partial charge in [-0.15, -0.1) is 0 Å². The first-order valence-electron chi connectivity index (χ1n) is 3.65. The van der Waals surface area contributed by atoms with Crippen molar-refractivity contribution in [3.05, 3.63) is 27.7 Å². The zero-order valence-corrected chi connectivity index (χ0v) is 9.28. The Morgan fingerprint density at radius 2 is 2.00 bits per heavy atom. The fourth-order valence-electron chi connectivity index (χ4n) is 1.14. The van der Waals surface area contributed by atoms with Crippen LogP contribution in [-0.2, 0) is 9.05 Å². The summed E-state index contributed by atoms with van der Waals surface area (Å²) in [5.41, 5.74) is 0.401. The van der Waals surface area contributed by atoms with E-state index in [1.807, 2.05) is 0 Å². The first-order chi connectivity index (χ1) is 6.88. The highest BCUT2D eigenvalue weighted by Gasteiger charge is 2.17. The van der Waals surface area contributed by atoms with Crippen molar-refractivity contribution in [3.8, 4) is 0 Å². The van der Waals surface area contributed by atoms with E-state index in [4.69, 9.17) is 22.3 Å². The zero-order chi connectivity index (χ0) is 11.2. The van der Waals surface area contributed by atoms with Crippen LogP contribution in [0.4, 0.5) is 0 Å². The molecule has 8 heteroatoms. The smallest absolute Gasteiger partial charge is 0.408 e. The third-order valence-corrected chi connectivity index (χ3v) is 3.52. The quantitative estimate of drug-likeness (QED) is 0.798. The minimum absolute atomic E-state index is 0.0970. The molecule has 0 atom stereocenters. The minimum Gasteiger partial charge on any atom is -0.408 e. The third-order valence-electron chi connectivity index (χ3n) is 1.74. The summed E-state index contributed by atoms with van der Waals surface area (Å²) in [6.45, 7) is 0. The van der Waals surface area contributed by atoms with E-state index < -0.39 is 14.8 Å². The maximum Gasteiger partial charge on any atom is 0.417 e. The van der Waals surface area contributed by atoms with E-state index in [0.717, 1.165) is 6.07 Å². The van der Waals surface area contributed by atoms with Crippen LogP contribution in [-0.4, -0.2) is 13.4 Å². The minimum atomic E-state index is -3.94. The molecule has 80 valence electrons. The highest BCUT2D eigenvalue weighted by Crippen LogP contribution is 2.28. The van der Waals surface area contributed by atoms with Gasteiger partial charge in [0.25, 0.3) is 9.05 Å². The van der Waals surface area contributed by atoms with Gasteiger partial charge < -0.3 is 4.42 Å². The Kier molecular flexibility index (Phi) is 2.29. The zero-order valence-electron chi connectivity index (χ0n) is 6.95. The van der Waals surface area contributed by atoms with Crippen molar-refractivity contribution in [1.29, 1.82) is 0 Å². The number of fused-ring (bicyclic) bond motifs is 1. The van der Waals surface area contributed by atoms with Crippen LogP contribution in [0.5, 0.6) is 0 Å². The Balaban J connectivity index is 2.89. The second-order valence-electron chi connectivity index (χ2n) is 2.73. The molecule has 0 saturated heterocycles. The number of aromatic amines is 1.